The maximum Gasteiger partial charge on any atom is 0.141 e. The third kappa shape index (κ3) is 3.75. The van der Waals surface area contributed by atoms with Crippen LogP contribution in [0, 0.1) is 0 Å². The van der Waals surface area contributed by atoms with E-state index in [1.807, 2.05) is 37.6 Å². The van der Waals surface area contributed by atoms with Gasteiger partial charge in [0.05, 0.1) is 4.47 Å². The van der Waals surface area contributed by atoms with E-state index in [9.17, 15) is 0 Å². The van der Waals surface area contributed by atoms with Crippen molar-refractivity contribution in [2.24, 2.45) is 0 Å². The Morgan fingerprint density at radius 1 is 1.16 bits per heavy atom. The largest absolute Gasteiger partial charge is 0.455 e. The van der Waals surface area contributed by atoms with Crippen LogP contribution >= 0.6 is 27.7 Å². The number of nitrogens with one attached hydrogen (secondary N) is 1. The second-order valence-electron chi connectivity index (χ2n) is 4.05. The van der Waals surface area contributed by atoms with Crippen molar-refractivity contribution in [2.45, 2.75) is 11.4 Å². The van der Waals surface area contributed by atoms with Gasteiger partial charge in [-0.25, -0.2) is 0 Å². The SMILES string of the molecule is CNCc1ccc(Oc2ccccc2SC)c(Br)c1. The van der Waals surface area contributed by atoms with E-state index in [4.69, 9.17) is 4.74 Å². The zero-order valence-electron chi connectivity index (χ0n) is 10.9. The molecule has 0 aliphatic carbocycles. The van der Waals surface area contributed by atoms with E-state index in [0.717, 1.165) is 27.4 Å². The molecule has 4 heteroatoms. The van der Waals surface area contributed by atoms with Crippen LogP contribution in [0.3, 0.4) is 0 Å². The Morgan fingerprint density at radius 2 is 1.95 bits per heavy atom. The molecule has 1 N–H and O–H groups in total. The fraction of sp³-hybridized carbons (Fsp3) is 0.200. The van der Waals surface area contributed by atoms with Crippen LogP contribution in [0.4, 0.5) is 0 Å². The lowest BCUT2D eigenvalue weighted by Crippen LogP contribution is -2.04. The Morgan fingerprint density at radius 3 is 2.63 bits per heavy atom. The minimum atomic E-state index is 0.835. The summed E-state index contributed by atoms with van der Waals surface area (Å²) in [5.41, 5.74) is 1.22. The monoisotopic (exact) mass is 337 g/mol. The van der Waals surface area contributed by atoms with Crippen molar-refractivity contribution < 1.29 is 4.74 Å². The van der Waals surface area contributed by atoms with Crippen LogP contribution in [0.5, 0.6) is 11.5 Å². The van der Waals surface area contributed by atoms with Crippen molar-refractivity contribution in [2.75, 3.05) is 13.3 Å². The van der Waals surface area contributed by atoms with Crippen molar-refractivity contribution >= 4 is 27.7 Å². The first-order valence-electron chi connectivity index (χ1n) is 5.98. The first-order valence-corrected chi connectivity index (χ1v) is 8.00. The average molecular weight is 338 g/mol. The molecule has 2 nitrogen and oxygen atoms in total. The predicted octanol–water partition coefficient (Wildman–Crippen LogP) is 4.68. The molecule has 0 saturated carbocycles. The lowest BCUT2D eigenvalue weighted by atomic mass is 10.2. The van der Waals surface area contributed by atoms with Gasteiger partial charge in [0, 0.05) is 11.4 Å². The van der Waals surface area contributed by atoms with Gasteiger partial charge in [0.1, 0.15) is 11.5 Å². The highest BCUT2D eigenvalue weighted by molar-refractivity contribution is 9.10. The topological polar surface area (TPSA) is 21.3 Å². The molecule has 0 aliphatic rings. The summed E-state index contributed by atoms with van der Waals surface area (Å²) in [5, 5.41) is 3.13. The third-order valence-electron chi connectivity index (χ3n) is 2.67. The van der Waals surface area contributed by atoms with Gasteiger partial charge in [-0.05, 0) is 59.1 Å². The lowest BCUT2D eigenvalue weighted by Gasteiger charge is -2.12. The Labute approximate surface area is 126 Å². The minimum Gasteiger partial charge on any atom is -0.455 e. The van der Waals surface area contributed by atoms with E-state index in [0.29, 0.717) is 0 Å². The standard InChI is InChI=1S/C15H16BrNOS/c1-17-10-11-7-8-13(12(16)9-11)18-14-5-3-4-6-15(14)19-2/h3-9,17H,10H2,1-2H3. The smallest absolute Gasteiger partial charge is 0.141 e. The first-order chi connectivity index (χ1) is 9.24. The van der Waals surface area contributed by atoms with Crippen molar-refractivity contribution in [3.63, 3.8) is 0 Å². The number of benzene rings is 2. The van der Waals surface area contributed by atoms with Crippen LogP contribution < -0.4 is 10.1 Å². The van der Waals surface area contributed by atoms with Gasteiger partial charge in [-0.15, -0.1) is 11.8 Å². The van der Waals surface area contributed by atoms with E-state index in [2.05, 4.69) is 39.4 Å². The van der Waals surface area contributed by atoms with Crippen LogP contribution in [-0.4, -0.2) is 13.3 Å². The molecule has 19 heavy (non-hydrogen) atoms. The molecule has 0 saturated heterocycles. The molecular formula is C15H16BrNOS. The Kier molecular flexibility index (Phi) is 5.31. The summed E-state index contributed by atoms with van der Waals surface area (Å²) >= 11 is 5.24. The molecule has 0 bridgehead atoms. The van der Waals surface area contributed by atoms with Crippen LogP contribution in [0.2, 0.25) is 0 Å². The first kappa shape index (κ1) is 14.4. The van der Waals surface area contributed by atoms with Gasteiger partial charge in [-0.1, -0.05) is 18.2 Å². The average Bonchev–Trinajstić information content (AvgIpc) is 2.43. The Hall–Kier alpha value is -0.970. The lowest BCUT2D eigenvalue weighted by molar-refractivity contribution is 0.468. The van der Waals surface area contributed by atoms with Gasteiger partial charge in [0.2, 0.25) is 0 Å². The maximum atomic E-state index is 5.98. The van der Waals surface area contributed by atoms with E-state index in [1.54, 1.807) is 11.8 Å². The number of para-hydroxylation sites is 1. The van der Waals surface area contributed by atoms with E-state index in [-0.39, 0.29) is 0 Å². The summed E-state index contributed by atoms with van der Waals surface area (Å²) in [5.74, 6) is 1.72. The number of rotatable bonds is 5. The maximum absolute atomic E-state index is 5.98. The van der Waals surface area contributed by atoms with Gasteiger partial charge in [-0.3, -0.25) is 0 Å². The molecule has 0 radical (unpaired) electrons. The minimum absolute atomic E-state index is 0.835. The molecule has 0 spiro atoms. The molecule has 0 heterocycles. The molecular weight excluding hydrogens is 322 g/mol. The summed E-state index contributed by atoms with van der Waals surface area (Å²) in [4.78, 5) is 1.13. The number of hydrogen-bond acceptors (Lipinski definition) is 3. The van der Waals surface area contributed by atoms with E-state index in [1.165, 1.54) is 5.56 Å². The van der Waals surface area contributed by atoms with Crippen molar-refractivity contribution in [3.05, 3.63) is 52.5 Å². The summed E-state index contributed by atoms with van der Waals surface area (Å²) in [7, 11) is 1.94. The quantitative estimate of drug-likeness (QED) is 0.800. The molecule has 100 valence electrons. The highest BCUT2D eigenvalue weighted by Crippen LogP contribution is 2.35. The summed E-state index contributed by atoms with van der Waals surface area (Å²) < 4.78 is 6.94. The van der Waals surface area contributed by atoms with Crippen LogP contribution in [-0.2, 0) is 6.54 Å². The molecule has 0 amide bonds. The molecule has 0 aromatic heterocycles. The number of hydrogen-bond donors (Lipinski definition) is 1. The molecule has 0 atom stereocenters. The zero-order chi connectivity index (χ0) is 13.7. The second-order valence-corrected chi connectivity index (χ2v) is 5.75. The van der Waals surface area contributed by atoms with Crippen LogP contribution in [0.25, 0.3) is 0 Å². The van der Waals surface area contributed by atoms with Crippen LogP contribution in [0.1, 0.15) is 5.56 Å². The fourth-order valence-corrected chi connectivity index (χ4v) is 2.80. The number of halogens is 1. The molecule has 2 aromatic rings. The Balaban J connectivity index is 2.23. The van der Waals surface area contributed by atoms with Gasteiger partial charge < -0.3 is 10.1 Å². The number of ether oxygens (including phenoxy) is 1. The molecule has 2 rings (SSSR count). The highest BCUT2D eigenvalue weighted by Gasteiger charge is 2.07. The zero-order valence-corrected chi connectivity index (χ0v) is 13.3. The molecule has 0 aliphatic heterocycles. The van der Waals surface area contributed by atoms with Gasteiger partial charge in [0.25, 0.3) is 0 Å². The van der Waals surface area contributed by atoms with E-state index < -0.39 is 0 Å². The van der Waals surface area contributed by atoms with Crippen molar-refractivity contribution in [1.82, 2.24) is 5.32 Å². The van der Waals surface area contributed by atoms with Gasteiger partial charge in [-0.2, -0.15) is 0 Å². The summed E-state index contributed by atoms with van der Waals surface area (Å²) in [6.07, 6.45) is 2.05. The molecule has 2 aromatic carbocycles. The predicted molar refractivity (Wildman–Crippen MR) is 85.2 cm³/mol. The molecule has 0 unspecified atom stereocenters. The fourth-order valence-electron chi connectivity index (χ4n) is 1.76. The van der Waals surface area contributed by atoms with Crippen molar-refractivity contribution in [3.8, 4) is 11.5 Å². The molecule has 0 fully saturated rings. The van der Waals surface area contributed by atoms with E-state index >= 15 is 0 Å². The summed E-state index contributed by atoms with van der Waals surface area (Å²) in [6, 6.07) is 14.2. The second kappa shape index (κ2) is 6.98. The van der Waals surface area contributed by atoms with Crippen LogP contribution in [0.15, 0.2) is 51.8 Å². The van der Waals surface area contributed by atoms with Gasteiger partial charge in [0.15, 0.2) is 0 Å². The normalized spacial score (nSPS) is 10.5. The number of thioether (sulfide) groups is 1. The summed E-state index contributed by atoms with van der Waals surface area (Å²) in [6.45, 7) is 0.847. The van der Waals surface area contributed by atoms with Gasteiger partial charge >= 0.3 is 0 Å². The van der Waals surface area contributed by atoms with Crippen molar-refractivity contribution in [1.29, 1.82) is 0 Å². The Bertz CT molecular complexity index is 560. The highest BCUT2D eigenvalue weighted by atomic mass is 79.9. The third-order valence-corrected chi connectivity index (χ3v) is 4.06.